The number of nitrogens with one attached hydrogen (secondary N) is 1. The van der Waals surface area contributed by atoms with Crippen molar-refractivity contribution in [3.63, 3.8) is 0 Å². The predicted octanol–water partition coefficient (Wildman–Crippen LogP) is 5.58. The van der Waals surface area contributed by atoms with Gasteiger partial charge in [0.25, 0.3) is 8.32 Å². The minimum absolute atomic E-state index is 0.0328. The number of ether oxygens (including phenoxy) is 1. The zero-order valence-corrected chi connectivity index (χ0v) is 25.7. The molecule has 0 saturated heterocycles. The molecule has 0 aliphatic rings. The highest BCUT2D eigenvalue weighted by atomic mass is 28.4. The smallest absolute Gasteiger partial charge is 0.426 e. The summed E-state index contributed by atoms with van der Waals surface area (Å²) >= 11 is 0. The lowest BCUT2D eigenvalue weighted by molar-refractivity contribution is -0.108. The molecule has 0 spiro atoms. The molecule has 0 rings (SSSR count). The van der Waals surface area contributed by atoms with Crippen LogP contribution in [0.1, 0.15) is 74.7 Å². The van der Waals surface area contributed by atoms with E-state index in [9.17, 15) is 9.59 Å². The molecule has 9 nitrogen and oxygen atoms in total. The summed E-state index contributed by atoms with van der Waals surface area (Å²) in [6, 6.07) is 0. The Morgan fingerprint density at radius 2 is 1.75 bits per heavy atom. The van der Waals surface area contributed by atoms with Crippen molar-refractivity contribution in [3.8, 4) is 0 Å². The molecule has 1 amide bonds. The SMILES string of the molecule is C=C/C(=C(/C/C(=N/O[Si](C)(C)C(C)(C)C)N(C)NC(=O)OC(C)(C)C)N(C)N)C(C)C(CC)CC=O. The van der Waals surface area contributed by atoms with Crippen LogP contribution in [0.4, 0.5) is 4.79 Å². The predicted molar refractivity (Wildman–Crippen MR) is 150 cm³/mol. The average molecular weight is 526 g/mol. The van der Waals surface area contributed by atoms with E-state index >= 15 is 0 Å². The van der Waals surface area contributed by atoms with Crippen molar-refractivity contribution in [2.75, 3.05) is 14.1 Å². The first-order chi connectivity index (χ1) is 16.3. The Labute approximate surface area is 220 Å². The highest BCUT2D eigenvalue weighted by Crippen LogP contribution is 2.37. The van der Waals surface area contributed by atoms with Crippen LogP contribution >= 0.6 is 0 Å². The molecule has 0 aromatic carbocycles. The van der Waals surface area contributed by atoms with Gasteiger partial charge in [-0.25, -0.2) is 16.1 Å². The van der Waals surface area contributed by atoms with Crippen molar-refractivity contribution in [2.45, 2.75) is 98.4 Å². The van der Waals surface area contributed by atoms with E-state index in [1.165, 1.54) is 10.0 Å². The van der Waals surface area contributed by atoms with Crippen LogP contribution in [0.25, 0.3) is 0 Å². The third-order valence-corrected chi connectivity index (χ3v) is 10.8. The second kappa shape index (κ2) is 13.8. The highest BCUT2D eigenvalue weighted by molar-refractivity contribution is 6.74. The van der Waals surface area contributed by atoms with E-state index in [1.54, 1.807) is 40.9 Å². The van der Waals surface area contributed by atoms with Gasteiger partial charge >= 0.3 is 6.09 Å². The van der Waals surface area contributed by atoms with E-state index in [2.05, 4.69) is 64.9 Å². The van der Waals surface area contributed by atoms with Gasteiger partial charge in [-0.1, -0.05) is 58.9 Å². The largest absolute Gasteiger partial charge is 0.453 e. The second-order valence-electron chi connectivity index (χ2n) is 11.8. The summed E-state index contributed by atoms with van der Waals surface area (Å²) < 4.78 is 11.6. The van der Waals surface area contributed by atoms with Crippen LogP contribution in [0.15, 0.2) is 29.1 Å². The maximum absolute atomic E-state index is 12.5. The first kappa shape index (κ1) is 33.7. The maximum Gasteiger partial charge on any atom is 0.426 e. The quantitative estimate of drug-likeness (QED) is 0.0689. The molecule has 2 atom stereocenters. The number of amidine groups is 1. The van der Waals surface area contributed by atoms with E-state index < -0.39 is 20.0 Å². The third kappa shape index (κ3) is 10.7. The molecular formula is C26H51N5O4Si. The number of rotatable bonds is 11. The summed E-state index contributed by atoms with van der Waals surface area (Å²) in [5.41, 5.74) is 3.75. The van der Waals surface area contributed by atoms with E-state index in [0.717, 1.165) is 24.0 Å². The monoisotopic (exact) mass is 525 g/mol. The van der Waals surface area contributed by atoms with Crippen molar-refractivity contribution >= 4 is 26.5 Å². The molecule has 0 aromatic heterocycles. The molecule has 0 bridgehead atoms. The minimum Gasteiger partial charge on any atom is -0.453 e. The van der Waals surface area contributed by atoms with Crippen molar-refractivity contribution in [1.82, 2.24) is 15.4 Å². The molecule has 0 radical (unpaired) electrons. The fourth-order valence-corrected chi connectivity index (χ4v) is 3.87. The molecule has 0 aromatic rings. The molecule has 2 unspecified atom stereocenters. The Hall–Kier alpha value is -2.33. The Balaban J connectivity index is 6.49. The standard InChI is InChI=1S/C26H51N5O4Si/c1-14-20(16-17-32)19(3)21(15-2)22(30(10)27)18-23(29-35-36(12,13)26(7,8)9)31(11)28-24(33)34-25(4,5)6/h15,17,19-20H,2,14,16,18,27H2,1,3-13H3,(H,28,33)/b22-21+,29-23-. The lowest BCUT2D eigenvalue weighted by atomic mass is 9.82. The van der Waals surface area contributed by atoms with Crippen molar-refractivity contribution < 1.29 is 18.9 Å². The third-order valence-electron chi connectivity index (χ3n) is 6.66. The maximum atomic E-state index is 12.5. The summed E-state index contributed by atoms with van der Waals surface area (Å²) in [4.78, 5) is 23.7. The van der Waals surface area contributed by atoms with Crippen LogP contribution in [0.3, 0.4) is 0 Å². The van der Waals surface area contributed by atoms with Crippen LogP contribution < -0.4 is 11.3 Å². The highest BCUT2D eigenvalue weighted by Gasteiger charge is 2.40. The Kier molecular flexibility index (Phi) is 12.9. The van der Waals surface area contributed by atoms with Crippen LogP contribution in [-0.2, 0) is 14.1 Å². The number of nitrogens with zero attached hydrogens (tertiary/aromatic N) is 3. The Bertz CT molecular complexity index is 810. The van der Waals surface area contributed by atoms with E-state index in [0.29, 0.717) is 12.3 Å². The number of hydrogen-bond donors (Lipinski definition) is 2. The van der Waals surface area contributed by atoms with Gasteiger partial charge in [-0.15, -0.1) is 0 Å². The minimum atomic E-state index is -2.24. The molecule has 0 heterocycles. The van der Waals surface area contributed by atoms with Gasteiger partial charge in [-0.3, -0.25) is 5.01 Å². The van der Waals surface area contributed by atoms with Gasteiger partial charge in [0.15, 0.2) is 5.84 Å². The number of hydrazine groups is 2. The van der Waals surface area contributed by atoms with Gasteiger partial charge in [0.05, 0.1) is 6.42 Å². The molecule has 36 heavy (non-hydrogen) atoms. The molecule has 0 aliphatic heterocycles. The lowest BCUT2D eigenvalue weighted by Gasteiger charge is -2.34. The zero-order valence-electron chi connectivity index (χ0n) is 24.7. The van der Waals surface area contributed by atoms with Crippen LogP contribution in [-0.4, -0.2) is 56.2 Å². The second-order valence-corrected chi connectivity index (χ2v) is 16.5. The Morgan fingerprint density at radius 1 is 1.19 bits per heavy atom. The fraction of sp³-hybridized carbons (Fsp3) is 0.731. The van der Waals surface area contributed by atoms with Gasteiger partial charge in [0, 0.05) is 26.2 Å². The van der Waals surface area contributed by atoms with E-state index in [1.807, 2.05) is 0 Å². The van der Waals surface area contributed by atoms with Crippen LogP contribution in [0.2, 0.25) is 18.1 Å². The van der Waals surface area contributed by atoms with Gasteiger partial charge in [-0.05, 0) is 56.3 Å². The normalized spacial score (nSPS) is 15.3. The first-order valence-electron chi connectivity index (χ1n) is 12.6. The van der Waals surface area contributed by atoms with Gasteiger partial charge in [-0.2, -0.15) is 0 Å². The zero-order chi connectivity index (χ0) is 28.5. The molecule has 0 fully saturated rings. The van der Waals surface area contributed by atoms with Crippen molar-refractivity contribution in [3.05, 3.63) is 23.9 Å². The fourth-order valence-electron chi connectivity index (χ4n) is 3.27. The van der Waals surface area contributed by atoms with Gasteiger partial charge in [0.1, 0.15) is 11.9 Å². The molecular weight excluding hydrogens is 474 g/mol. The number of nitrogens with two attached hydrogens (primary N) is 1. The first-order valence-corrected chi connectivity index (χ1v) is 15.5. The number of allylic oxidation sites excluding steroid dienone is 2. The van der Waals surface area contributed by atoms with Gasteiger partial charge < -0.3 is 19.1 Å². The number of hydrogen-bond acceptors (Lipinski definition) is 7. The van der Waals surface area contributed by atoms with Crippen LogP contribution in [0, 0.1) is 11.8 Å². The molecule has 10 heteroatoms. The van der Waals surface area contributed by atoms with Crippen molar-refractivity contribution in [1.29, 1.82) is 0 Å². The van der Waals surface area contributed by atoms with Gasteiger partial charge in [0.2, 0.25) is 0 Å². The number of oxime groups is 1. The average Bonchev–Trinajstić information content (AvgIpc) is 2.71. The molecule has 208 valence electrons. The number of aldehydes is 1. The Morgan fingerprint density at radius 3 is 2.14 bits per heavy atom. The van der Waals surface area contributed by atoms with Crippen LogP contribution in [0.5, 0.6) is 0 Å². The lowest BCUT2D eigenvalue weighted by Crippen LogP contribution is -2.47. The summed E-state index contributed by atoms with van der Waals surface area (Å²) in [5.74, 6) is 6.92. The number of amides is 1. The summed E-state index contributed by atoms with van der Waals surface area (Å²) in [5, 5.41) is 7.51. The van der Waals surface area contributed by atoms with E-state index in [4.69, 9.17) is 15.1 Å². The summed E-state index contributed by atoms with van der Waals surface area (Å²) in [7, 11) is 1.19. The summed E-state index contributed by atoms with van der Waals surface area (Å²) in [6.45, 7) is 24.2. The number of carbonyl (C=O) groups excluding carboxylic acids is 2. The number of carbonyl (C=O) groups is 2. The summed E-state index contributed by atoms with van der Waals surface area (Å²) in [6.07, 6.45) is 3.68. The molecule has 0 aliphatic carbocycles. The topological polar surface area (TPSA) is 109 Å². The molecule has 0 saturated carbocycles. The van der Waals surface area contributed by atoms with Crippen molar-refractivity contribution in [2.24, 2.45) is 22.8 Å². The van der Waals surface area contributed by atoms with E-state index in [-0.39, 0.29) is 23.3 Å². The molecule has 3 N–H and O–H groups in total.